The van der Waals surface area contributed by atoms with Gasteiger partial charge in [-0.1, -0.05) is 17.7 Å². The van der Waals surface area contributed by atoms with Crippen LogP contribution in [0, 0.1) is 6.92 Å². The number of aryl methyl sites for hydroxylation is 1. The summed E-state index contributed by atoms with van der Waals surface area (Å²) in [4.78, 5) is 23.2. The van der Waals surface area contributed by atoms with E-state index >= 15 is 0 Å². The Bertz CT molecular complexity index is 827. The number of aromatic nitrogens is 2. The molecule has 3 heterocycles. The van der Waals surface area contributed by atoms with Crippen molar-refractivity contribution in [3.8, 4) is 0 Å². The van der Waals surface area contributed by atoms with Gasteiger partial charge >= 0.3 is 0 Å². The highest BCUT2D eigenvalue weighted by Gasteiger charge is 2.40. The second kappa shape index (κ2) is 7.42. The number of benzene rings is 1. The Hall–Kier alpha value is -2.22. The number of nitrogens with one attached hydrogen (secondary N) is 1. The molecule has 2 aromatic rings. The van der Waals surface area contributed by atoms with Crippen LogP contribution < -0.4 is 10.2 Å². The first kappa shape index (κ1) is 18.2. The summed E-state index contributed by atoms with van der Waals surface area (Å²) < 4.78 is 11.5. The number of carbonyl (C=O) groups excluding carboxylic acids is 1. The fourth-order valence-electron chi connectivity index (χ4n) is 3.31. The van der Waals surface area contributed by atoms with Gasteiger partial charge in [-0.15, -0.1) is 0 Å². The molecule has 1 aromatic carbocycles. The van der Waals surface area contributed by atoms with Gasteiger partial charge in [0.1, 0.15) is 0 Å². The summed E-state index contributed by atoms with van der Waals surface area (Å²) in [5.74, 6) is -0.0874. The molecule has 0 atom stereocenters. The first-order valence-electron chi connectivity index (χ1n) is 8.97. The van der Waals surface area contributed by atoms with Crippen molar-refractivity contribution in [1.29, 1.82) is 0 Å². The average molecular weight is 389 g/mol. The van der Waals surface area contributed by atoms with Crippen molar-refractivity contribution in [2.45, 2.75) is 25.6 Å². The molecule has 0 bridgehead atoms. The van der Waals surface area contributed by atoms with Crippen molar-refractivity contribution >= 4 is 29.1 Å². The maximum Gasteiger partial charge on any atom is 0.258 e. The number of hydrogen-bond donors (Lipinski definition) is 1. The number of nitrogens with zero attached hydrogens (tertiary/aromatic N) is 3. The van der Waals surface area contributed by atoms with E-state index in [2.05, 4.69) is 20.2 Å². The van der Waals surface area contributed by atoms with Crippen LogP contribution in [-0.2, 0) is 9.47 Å². The van der Waals surface area contributed by atoms with E-state index in [-0.39, 0.29) is 5.91 Å². The maximum atomic E-state index is 12.4. The lowest BCUT2D eigenvalue weighted by molar-refractivity contribution is -0.169. The third-order valence-corrected chi connectivity index (χ3v) is 5.36. The Morgan fingerprint density at radius 2 is 1.85 bits per heavy atom. The van der Waals surface area contributed by atoms with Crippen molar-refractivity contribution in [2.24, 2.45) is 0 Å². The van der Waals surface area contributed by atoms with Crippen LogP contribution in [-0.4, -0.2) is 48.0 Å². The van der Waals surface area contributed by atoms with E-state index in [1.54, 1.807) is 18.5 Å². The molecule has 8 heteroatoms. The highest BCUT2D eigenvalue weighted by Crippen LogP contribution is 2.32. The van der Waals surface area contributed by atoms with Crippen LogP contribution >= 0.6 is 11.6 Å². The number of halogens is 1. The van der Waals surface area contributed by atoms with Crippen LogP contribution in [0.5, 0.6) is 0 Å². The zero-order valence-electron chi connectivity index (χ0n) is 15.1. The molecule has 0 unspecified atom stereocenters. The predicted molar refractivity (Wildman–Crippen MR) is 102 cm³/mol. The van der Waals surface area contributed by atoms with Gasteiger partial charge in [0, 0.05) is 49.0 Å². The zero-order valence-corrected chi connectivity index (χ0v) is 15.8. The van der Waals surface area contributed by atoms with Gasteiger partial charge in [0.05, 0.1) is 18.8 Å². The van der Waals surface area contributed by atoms with Crippen molar-refractivity contribution in [3.05, 3.63) is 46.7 Å². The van der Waals surface area contributed by atoms with Gasteiger partial charge < -0.3 is 19.7 Å². The topological polar surface area (TPSA) is 76.6 Å². The quantitative estimate of drug-likeness (QED) is 0.870. The molecule has 2 saturated heterocycles. The number of carbonyl (C=O) groups is 1. The summed E-state index contributed by atoms with van der Waals surface area (Å²) in [5.41, 5.74) is 1.99. The van der Waals surface area contributed by atoms with E-state index in [9.17, 15) is 4.79 Å². The molecular formula is C19H21ClN4O3. The Kier molecular flexibility index (Phi) is 4.99. The standard InChI is InChI=1S/C19H21ClN4O3/c1-13-2-3-15(10-16(13)20)23-17(25)14-11-21-18(22-12-14)24-6-4-19(5-7-24)26-8-9-27-19/h2-3,10-12H,4-9H2,1H3,(H,23,25). The number of hydrogen-bond acceptors (Lipinski definition) is 6. The molecule has 1 spiro atoms. The monoisotopic (exact) mass is 388 g/mol. The third kappa shape index (κ3) is 3.90. The fourth-order valence-corrected chi connectivity index (χ4v) is 3.49. The van der Waals surface area contributed by atoms with Crippen LogP contribution in [0.25, 0.3) is 0 Å². The van der Waals surface area contributed by atoms with Gasteiger partial charge in [-0.2, -0.15) is 0 Å². The Morgan fingerprint density at radius 3 is 2.48 bits per heavy atom. The van der Waals surface area contributed by atoms with E-state index < -0.39 is 5.79 Å². The molecule has 7 nitrogen and oxygen atoms in total. The number of rotatable bonds is 3. The first-order valence-corrected chi connectivity index (χ1v) is 9.35. The SMILES string of the molecule is Cc1ccc(NC(=O)c2cnc(N3CCC4(CC3)OCCO4)nc2)cc1Cl. The Labute approximate surface area is 162 Å². The Balaban J connectivity index is 1.38. The maximum absolute atomic E-state index is 12.4. The van der Waals surface area contributed by atoms with E-state index in [0.29, 0.717) is 35.4 Å². The van der Waals surface area contributed by atoms with Gasteiger partial charge in [-0.25, -0.2) is 9.97 Å². The minimum atomic E-state index is -0.425. The van der Waals surface area contributed by atoms with Crippen molar-refractivity contribution in [1.82, 2.24) is 9.97 Å². The second-order valence-corrected chi connectivity index (χ2v) is 7.19. The van der Waals surface area contributed by atoms with Crippen LogP contribution in [0.4, 0.5) is 11.6 Å². The fraction of sp³-hybridized carbons (Fsp3) is 0.421. The van der Waals surface area contributed by atoms with Crippen LogP contribution in [0.1, 0.15) is 28.8 Å². The number of ether oxygens (including phenoxy) is 2. The summed E-state index contributed by atoms with van der Waals surface area (Å²) in [6.45, 7) is 4.74. The minimum absolute atomic E-state index is 0.271. The summed E-state index contributed by atoms with van der Waals surface area (Å²) in [7, 11) is 0. The van der Waals surface area contributed by atoms with E-state index in [1.165, 1.54) is 0 Å². The molecule has 1 N–H and O–H groups in total. The molecule has 1 amide bonds. The molecule has 4 rings (SSSR count). The molecule has 0 aliphatic carbocycles. The molecule has 1 aromatic heterocycles. The second-order valence-electron chi connectivity index (χ2n) is 6.78. The smallest absolute Gasteiger partial charge is 0.258 e. The third-order valence-electron chi connectivity index (χ3n) is 4.95. The van der Waals surface area contributed by atoms with Gasteiger partial charge in [0.2, 0.25) is 5.95 Å². The minimum Gasteiger partial charge on any atom is -0.347 e. The molecule has 0 radical (unpaired) electrons. The lowest BCUT2D eigenvalue weighted by Crippen LogP contribution is -2.45. The average Bonchev–Trinajstić information content (AvgIpc) is 3.13. The summed E-state index contributed by atoms with van der Waals surface area (Å²) in [6, 6.07) is 5.39. The van der Waals surface area contributed by atoms with Crippen LogP contribution in [0.3, 0.4) is 0 Å². The lowest BCUT2D eigenvalue weighted by atomic mass is 10.0. The van der Waals surface area contributed by atoms with Gasteiger partial charge in [0.25, 0.3) is 5.91 Å². The van der Waals surface area contributed by atoms with Crippen LogP contribution in [0.15, 0.2) is 30.6 Å². The normalized spacial score (nSPS) is 18.7. The van der Waals surface area contributed by atoms with E-state index in [4.69, 9.17) is 21.1 Å². The van der Waals surface area contributed by atoms with Crippen molar-refractivity contribution in [2.75, 3.05) is 36.5 Å². The summed E-state index contributed by atoms with van der Waals surface area (Å²) in [5, 5.41) is 3.42. The van der Waals surface area contributed by atoms with Crippen LogP contribution in [0.2, 0.25) is 5.02 Å². The summed E-state index contributed by atoms with van der Waals surface area (Å²) in [6.07, 6.45) is 4.65. The lowest BCUT2D eigenvalue weighted by Gasteiger charge is -2.37. The molecule has 0 saturated carbocycles. The first-order chi connectivity index (χ1) is 13.0. The highest BCUT2D eigenvalue weighted by atomic mass is 35.5. The number of amides is 1. The molecule has 2 fully saturated rings. The largest absolute Gasteiger partial charge is 0.347 e. The zero-order chi connectivity index (χ0) is 18.9. The molecule has 142 valence electrons. The molecule has 2 aliphatic heterocycles. The van der Waals surface area contributed by atoms with Crippen molar-refractivity contribution in [3.63, 3.8) is 0 Å². The van der Waals surface area contributed by atoms with E-state index in [0.717, 1.165) is 31.5 Å². The van der Waals surface area contributed by atoms with Gasteiger partial charge in [-0.3, -0.25) is 4.79 Å². The molecule has 27 heavy (non-hydrogen) atoms. The van der Waals surface area contributed by atoms with Crippen molar-refractivity contribution < 1.29 is 14.3 Å². The molecular weight excluding hydrogens is 368 g/mol. The number of anilines is 2. The molecule has 2 aliphatic rings. The number of piperidine rings is 1. The van der Waals surface area contributed by atoms with Gasteiger partial charge in [0.15, 0.2) is 5.79 Å². The predicted octanol–water partition coefficient (Wildman–Crippen LogP) is 3.03. The highest BCUT2D eigenvalue weighted by molar-refractivity contribution is 6.31. The summed E-state index contributed by atoms with van der Waals surface area (Å²) >= 11 is 6.10. The van der Waals surface area contributed by atoms with E-state index in [1.807, 2.05) is 19.1 Å². The Morgan fingerprint density at radius 1 is 1.19 bits per heavy atom. The van der Waals surface area contributed by atoms with Gasteiger partial charge in [-0.05, 0) is 24.6 Å².